The topological polar surface area (TPSA) is 108 Å². The van der Waals surface area contributed by atoms with Gasteiger partial charge >= 0.3 is 0 Å². The number of fused-ring (bicyclic) bond motifs is 3. The van der Waals surface area contributed by atoms with Crippen molar-refractivity contribution < 1.29 is 9.53 Å². The number of benzene rings is 1. The summed E-state index contributed by atoms with van der Waals surface area (Å²) in [5, 5.41) is 4.03. The number of aromatic nitrogens is 4. The second kappa shape index (κ2) is 11.8. The lowest BCUT2D eigenvalue weighted by atomic mass is 10.1. The Labute approximate surface area is 205 Å². The van der Waals surface area contributed by atoms with Crippen LogP contribution in [0.2, 0.25) is 0 Å². The van der Waals surface area contributed by atoms with Crippen LogP contribution in [0.1, 0.15) is 54.5 Å². The molecule has 1 amide bonds. The number of imidazole rings is 1. The average molecular weight is 475 g/mol. The average Bonchev–Trinajstić information content (AvgIpc) is 3.25. The summed E-state index contributed by atoms with van der Waals surface area (Å²) in [6.07, 6.45) is 7.49. The first-order valence-corrected chi connectivity index (χ1v) is 12.4. The molecule has 0 fully saturated rings. The highest BCUT2D eigenvalue weighted by Crippen LogP contribution is 2.29. The van der Waals surface area contributed by atoms with Crippen molar-refractivity contribution in [3.8, 4) is 0 Å². The van der Waals surface area contributed by atoms with Crippen LogP contribution in [0.15, 0.2) is 42.6 Å². The van der Waals surface area contributed by atoms with Gasteiger partial charge in [-0.1, -0.05) is 37.6 Å². The number of nitrogens with zero attached hydrogens (tertiary/aromatic N) is 4. The Bertz CT molecular complexity index is 1280. The van der Waals surface area contributed by atoms with Crippen LogP contribution in [0, 0.1) is 0 Å². The summed E-state index contributed by atoms with van der Waals surface area (Å²) in [5.41, 5.74) is 10.5. The van der Waals surface area contributed by atoms with E-state index in [1.807, 2.05) is 30.3 Å². The zero-order chi connectivity index (χ0) is 24.6. The molecule has 35 heavy (non-hydrogen) atoms. The molecule has 3 aromatic heterocycles. The van der Waals surface area contributed by atoms with Gasteiger partial charge in [0, 0.05) is 38.2 Å². The van der Waals surface area contributed by atoms with Crippen LogP contribution in [0.4, 0.5) is 5.82 Å². The monoisotopic (exact) mass is 474 g/mol. The number of nitrogen functional groups attached to an aromatic ring is 1. The fourth-order valence-electron chi connectivity index (χ4n) is 4.30. The van der Waals surface area contributed by atoms with E-state index in [2.05, 4.69) is 32.8 Å². The van der Waals surface area contributed by atoms with E-state index in [1.165, 1.54) is 5.56 Å². The third kappa shape index (κ3) is 5.77. The van der Waals surface area contributed by atoms with E-state index in [1.54, 1.807) is 13.3 Å². The number of rotatable bonds is 12. The second-order valence-corrected chi connectivity index (χ2v) is 8.75. The number of nitrogens with two attached hydrogens (primary N) is 1. The standard InChI is InChI=1S/C27H34N6O2/c1-3-4-9-19-12-13-22(30-18-19)27(34)29-15-7-8-16-33-23(14-17-35-2)32-24-25(33)20-10-5-6-11-21(20)31-26(24)28/h5-6,10-13,18H,3-4,7-9,14-17H2,1-2H3,(H2,28,31)(H,29,34). The van der Waals surface area contributed by atoms with E-state index in [9.17, 15) is 4.79 Å². The number of methoxy groups -OCH3 is 1. The van der Waals surface area contributed by atoms with Crippen molar-refractivity contribution in [2.45, 2.75) is 52.0 Å². The first-order chi connectivity index (χ1) is 17.1. The summed E-state index contributed by atoms with van der Waals surface area (Å²) < 4.78 is 7.53. The minimum Gasteiger partial charge on any atom is -0.384 e. The normalized spacial score (nSPS) is 11.4. The van der Waals surface area contributed by atoms with Crippen LogP contribution in [-0.2, 0) is 24.1 Å². The van der Waals surface area contributed by atoms with Gasteiger partial charge in [0.25, 0.3) is 5.91 Å². The van der Waals surface area contributed by atoms with Gasteiger partial charge in [-0.2, -0.15) is 0 Å². The second-order valence-electron chi connectivity index (χ2n) is 8.75. The number of pyridine rings is 2. The predicted molar refractivity (Wildman–Crippen MR) is 139 cm³/mol. The lowest BCUT2D eigenvalue weighted by Crippen LogP contribution is -2.25. The maximum Gasteiger partial charge on any atom is 0.269 e. The largest absolute Gasteiger partial charge is 0.384 e. The van der Waals surface area contributed by atoms with Crippen LogP contribution in [0.5, 0.6) is 0 Å². The Balaban J connectivity index is 1.41. The molecule has 0 aliphatic rings. The smallest absolute Gasteiger partial charge is 0.269 e. The first kappa shape index (κ1) is 24.6. The maximum absolute atomic E-state index is 12.5. The lowest BCUT2D eigenvalue weighted by molar-refractivity contribution is 0.0948. The molecule has 8 nitrogen and oxygen atoms in total. The van der Waals surface area contributed by atoms with Crippen LogP contribution >= 0.6 is 0 Å². The Hall–Kier alpha value is -3.52. The van der Waals surface area contributed by atoms with Crippen LogP contribution in [0.3, 0.4) is 0 Å². The number of amides is 1. The number of hydrogen-bond acceptors (Lipinski definition) is 6. The fourth-order valence-corrected chi connectivity index (χ4v) is 4.30. The molecule has 0 radical (unpaired) electrons. The van der Waals surface area contributed by atoms with E-state index in [0.29, 0.717) is 31.1 Å². The van der Waals surface area contributed by atoms with Gasteiger partial charge in [-0.15, -0.1) is 0 Å². The van der Waals surface area contributed by atoms with Crippen molar-refractivity contribution in [2.75, 3.05) is 26.0 Å². The Morgan fingerprint density at radius 2 is 1.94 bits per heavy atom. The molecule has 8 heteroatoms. The van der Waals surface area contributed by atoms with Crippen molar-refractivity contribution in [1.29, 1.82) is 0 Å². The van der Waals surface area contributed by atoms with E-state index in [0.717, 1.165) is 66.4 Å². The van der Waals surface area contributed by atoms with E-state index in [-0.39, 0.29) is 5.91 Å². The quantitative estimate of drug-likeness (QED) is 0.296. The zero-order valence-electron chi connectivity index (χ0n) is 20.6. The SMILES string of the molecule is CCCCc1ccc(C(=O)NCCCCn2c(CCOC)nc3c(N)nc4ccccc4c32)nc1. The molecule has 184 valence electrons. The summed E-state index contributed by atoms with van der Waals surface area (Å²) in [6.45, 7) is 4.10. The van der Waals surface area contributed by atoms with Gasteiger partial charge in [-0.3, -0.25) is 9.78 Å². The van der Waals surface area contributed by atoms with Crippen LogP contribution in [-0.4, -0.2) is 45.7 Å². The molecule has 0 saturated carbocycles. The van der Waals surface area contributed by atoms with E-state index >= 15 is 0 Å². The number of aryl methyl sites for hydroxylation is 2. The molecule has 0 atom stereocenters. The molecule has 1 aromatic carbocycles. The number of carbonyl (C=O) groups is 1. The number of para-hydroxylation sites is 1. The Morgan fingerprint density at radius 1 is 1.09 bits per heavy atom. The molecular formula is C27H34N6O2. The van der Waals surface area contributed by atoms with Gasteiger partial charge in [-0.25, -0.2) is 9.97 Å². The number of anilines is 1. The molecule has 4 aromatic rings. The molecule has 4 rings (SSSR count). The summed E-state index contributed by atoms with van der Waals surface area (Å²) in [7, 11) is 1.69. The highest BCUT2D eigenvalue weighted by Gasteiger charge is 2.17. The fraction of sp³-hybridized carbons (Fsp3) is 0.407. The number of ether oxygens (including phenoxy) is 1. The molecule has 3 heterocycles. The minimum absolute atomic E-state index is 0.134. The Morgan fingerprint density at radius 3 is 2.71 bits per heavy atom. The summed E-state index contributed by atoms with van der Waals surface area (Å²) in [6, 6.07) is 11.8. The summed E-state index contributed by atoms with van der Waals surface area (Å²) >= 11 is 0. The predicted octanol–water partition coefficient (Wildman–Crippen LogP) is 4.30. The van der Waals surface area contributed by atoms with Gasteiger partial charge in [-0.05, 0) is 43.4 Å². The molecule has 0 aliphatic heterocycles. The van der Waals surface area contributed by atoms with Crippen molar-refractivity contribution in [1.82, 2.24) is 24.8 Å². The van der Waals surface area contributed by atoms with Crippen molar-refractivity contribution >= 4 is 33.7 Å². The maximum atomic E-state index is 12.5. The van der Waals surface area contributed by atoms with Crippen molar-refractivity contribution in [2.24, 2.45) is 0 Å². The molecule has 0 spiro atoms. The number of carbonyl (C=O) groups excluding carboxylic acids is 1. The molecule has 0 aliphatic carbocycles. The van der Waals surface area contributed by atoms with Gasteiger partial charge < -0.3 is 20.4 Å². The zero-order valence-corrected chi connectivity index (χ0v) is 20.6. The number of hydrogen-bond donors (Lipinski definition) is 2. The molecule has 3 N–H and O–H groups in total. The summed E-state index contributed by atoms with van der Waals surface area (Å²) in [4.78, 5) is 26.1. The van der Waals surface area contributed by atoms with E-state index < -0.39 is 0 Å². The minimum atomic E-state index is -0.134. The van der Waals surface area contributed by atoms with Crippen LogP contribution in [0.25, 0.3) is 21.9 Å². The lowest BCUT2D eigenvalue weighted by Gasteiger charge is -2.11. The highest BCUT2D eigenvalue weighted by atomic mass is 16.5. The van der Waals surface area contributed by atoms with Gasteiger partial charge in [0.15, 0.2) is 5.82 Å². The molecule has 0 saturated heterocycles. The molecule has 0 bridgehead atoms. The third-order valence-electron chi connectivity index (χ3n) is 6.19. The van der Waals surface area contributed by atoms with Gasteiger partial charge in [0.05, 0.1) is 17.6 Å². The first-order valence-electron chi connectivity index (χ1n) is 12.4. The molecule has 0 unspecified atom stereocenters. The van der Waals surface area contributed by atoms with Crippen LogP contribution < -0.4 is 11.1 Å². The third-order valence-corrected chi connectivity index (χ3v) is 6.19. The highest BCUT2D eigenvalue weighted by molar-refractivity contribution is 6.06. The molecular weight excluding hydrogens is 440 g/mol. The van der Waals surface area contributed by atoms with Crippen molar-refractivity contribution in [3.05, 3.63) is 59.7 Å². The Kier molecular flexibility index (Phi) is 8.26. The van der Waals surface area contributed by atoms with Crippen molar-refractivity contribution in [3.63, 3.8) is 0 Å². The van der Waals surface area contributed by atoms with E-state index in [4.69, 9.17) is 15.5 Å². The summed E-state index contributed by atoms with van der Waals surface area (Å²) in [5.74, 6) is 1.24. The number of nitrogens with one attached hydrogen (secondary N) is 1. The van der Waals surface area contributed by atoms with Gasteiger partial charge in [0.2, 0.25) is 0 Å². The van der Waals surface area contributed by atoms with Gasteiger partial charge in [0.1, 0.15) is 17.0 Å². The number of unbranched alkanes of at least 4 members (excludes halogenated alkanes) is 2.